The fourth-order valence-electron chi connectivity index (χ4n) is 3.66. The summed E-state index contributed by atoms with van der Waals surface area (Å²) in [6.45, 7) is 2.61. The largest absolute Gasteiger partial charge is 0.383 e. The molecule has 0 unspecified atom stereocenters. The number of nitrogens with zero attached hydrogens (tertiary/aromatic N) is 4. The molecule has 144 valence electrons. The number of nitrogens with one attached hydrogen (secondary N) is 2. The van der Waals surface area contributed by atoms with Crippen molar-refractivity contribution >= 4 is 34.2 Å². The quantitative estimate of drug-likeness (QED) is 0.583. The molecule has 0 aliphatic carbocycles. The van der Waals surface area contributed by atoms with Gasteiger partial charge in [0.2, 0.25) is 0 Å². The lowest BCUT2D eigenvalue weighted by molar-refractivity contribution is -0.146. The van der Waals surface area contributed by atoms with Gasteiger partial charge in [0.1, 0.15) is 5.82 Å². The van der Waals surface area contributed by atoms with Crippen molar-refractivity contribution in [2.45, 2.75) is 25.8 Å². The molecule has 1 aliphatic rings. The minimum absolute atomic E-state index is 0.144. The second-order valence-electron chi connectivity index (χ2n) is 7.11. The standard InChI is InChI=1S/C19H21N7O2/c1-11-2-3-15(12-4-6-21-7-5-12)26(10-11)19(28)18(27)24-14-9-22-17(20)13-8-23-25-16(13)14/h4-9,11,15H,2-3,10H2,1H3,(H2,20,22)(H,23,25)(H,24,27)/t11-,15-/m0/s1. The maximum atomic E-state index is 13.0. The number of carbonyl (C=O) groups is 2. The number of aromatic nitrogens is 4. The lowest BCUT2D eigenvalue weighted by Crippen LogP contribution is -2.46. The minimum atomic E-state index is -0.712. The first-order chi connectivity index (χ1) is 13.5. The summed E-state index contributed by atoms with van der Waals surface area (Å²) in [4.78, 5) is 35.5. The number of aromatic amines is 1. The first-order valence-corrected chi connectivity index (χ1v) is 9.14. The minimum Gasteiger partial charge on any atom is -0.383 e. The molecule has 0 spiro atoms. The summed E-state index contributed by atoms with van der Waals surface area (Å²) in [6, 6.07) is 3.63. The van der Waals surface area contributed by atoms with E-state index in [4.69, 9.17) is 5.73 Å². The van der Waals surface area contributed by atoms with Gasteiger partial charge in [0.25, 0.3) is 0 Å². The number of piperidine rings is 1. The number of hydrogen-bond donors (Lipinski definition) is 3. The molecule has 0 radical (unpaired) electrons. The molecular weight excluding hydrogens is 358 g/mol. The van der Waals surface area contributed by atoms with E-state index in [1.807, 2.05) is 12.1 Å². The number of anilines is 2. The van der Waals surface area contributed by atoms with Gasteiger partial charge in [-0.3, -0.25) is 19.7 Å². The van der Waals surface area contributed by atoms with Crippen molar-refractivity contribution in [3.63, 3.8) is 0 Å². The number of amides is 2. The van der Waals surface area contributed by atoms with Crippen LogP contribution in [-0.2, 0) is 9.59 Å². The highest BCUT2D eigenvalue weighted by molar-refractivity contribution is 6.40. The molecule has 2 atom stereocenters. The van der Waals surface area contributed by atoms with Gasteiger partial charge in [-0.2, -0.15) is 5.10 Å². The van der Waals surface area contributed by atoms with E-state index in [0.717, 1.165) is 18.4 Å². The Hall–Kier alpha value is -3.49. The molecule has 4 heterocycles. The predicted molar refractivity (Wildman–Crippen MR) is 104 cm³/mol. The number of fused-ring (bicyclic) bond motifs is 1. The van der Waals surface area contributed by atoms with E-state index >= 15 is 0 Å². The maximum absolute atomic E-state index is 13.0. The van der Waals surface area contributed by atoms with Crippen molar-refractivity contribution < 1.29 is 9.59 Å². The molecule has 1 fully saturated rings. The van der Waals surface area contributed by atoms with Gasteiger partial charge in [0.15, 0.2) is 0 Å². The molecule has 9 nitrogen and oxygen atoms in total. The first-order valence-electron chi connectivity index (χ1n) is 9.14. The van der Waals surface area contributed by atoms with E-state index in [9.17, 15) is 9.59 Å². The zero-order valence-corrected chi connectivity index (χ0v) is 15.4. The van der Waals surface area contributed by atoms with Crippen molar-refractivity contribution in [1.29, 1.82) is 0 Å². The zero-order valence-electron chi connectivity index (χ0n) is 15.4. The fraction of sp³-hybridized carbons (Fsp3) is 0.316. The van der Waals surface area contributed by atoms with Crippen molar-refractivity contribution in [1.82, 2.24) is 25.1 Å². The van der Waals surface area contributed by atoms with E-state index < -0.39 is 11.8 Å². The van der Waals surface area contributed by atoms with Crippen molar-refractivity contribution in [3.05, 3.63) is 42.5 Å². The Kier molecular flexibility index (Phi) is 4.64. The smallest absolute Gasteiger partial charge is 0.314 e. The van der Waals surface area contributed by atoms with E-state index in [-0.39, 0.29) is 6.04 Å². The predicted octanol–water partition coefficient (Wildman–Crippen LogP) is 1.87. The van der Waals surface area contributed by atoms with Crippen LogP contribution in [0.5, 0.6) is 0 Å². The van der Waals surface area contributed by atoms with Crippen molar-refractivity contribution in [2.24, 2.45) is 5.92 Å². The highest BCUT2D eigenvalue weighted by atomic mass is 16.2. The number of likely N-dealkylation sites (tertiary alicyclic amines) is 1. The molecule has 4 rings (SSSR count). The summed E-state index contributed by atoms with van der Waals surface area (Å²) in [5.74, 6) is -0.656. The average molecular weight is 379 g/mol. The van der Waals surface area contributed by atoms with Crippen LogP contribution < -0.4 is 11.1 Å². The summed E-state index contributed by atoms with van der Waals surface area (Å²) in [5.41, 5.74) is 7.69. The van der Waals surface area contributed by atoms with Crippen LogP contribution in [0.15, 0.2) is 36.9 Å². The number of hydrogen-bond acceptors (Lipinski definition) is 6. The molecule has 0 aromatic carbocycles. The SMILES string of the molecule is C[C@H]1CC[C@@H](c2ccncc2)N(C(=O)C(=O)Nc2cnc(N)c3cn[nH]c23)C1. The number of carbonyl (C=O) groups excluding carboxylic acids is 2. The van der Waals surface area contributed by atoms with Crippen LogP contribution in [0, 0.1) is 5.92 Å². The van der Waals surface area contributed by atoms with Crippen LogP contribution in [0.25, 0.3) is 10.9 Å². The van der Waals surface area contributed by atoms with E-state index in [2.05, 4.69) is 32.4 Å². The van der Waals surface area contributed by atoms with Crippen molar-refractivity contribution in [3.8, 4) is 0 Å². The van der Waals surface area contributed by atoms with Crippen LogP contribution in [0.4, 0.5) is 11.5 Å². The summed E-state index contributed by atoms with van der Waals surface area (Å²) >= 11 is 0. The normalized spacial score (nSPS) is 19.5. The Balaban J connectivity index is 1.58. The Labute approximate surface area is 161 Å². The summed E-state index contributed by atoms with van der Waals surface area (Å²) < 4.78 is 0. The van der Waals surface area contributed by atoms with Gasteiger partial charge in [0.05, 0.1) is 35.0 Å². The molecule has 2 amide bonds. The van der Waals surface area contributed by atoms with Gasteiger partial charge in [0, 0.05) is 18.9 Å². The Morgan fingerprint density at radius 1 is 1.25 bits per heavy atom. The Bertz CT molecular complexity index is 1020. The van der Waals surface area contributed by atoms with Crippen LogP contribution in [0.3, 0.4) is 0 Å². The van der Waals surface area contributed by atoms with Gasteiger partial charge >= 0.3 is 11.8 Å². The summed E-state index contributed by atoms with van der Waals surface area (Å²) in [7, 11) is 0. The summed E-state index contributed by atoms with van der Waals surface area (Å²) in [6.07, 6.45) is 8.14. The van der Waals surface area contributed by atoms with Crippen LogP contribution >= 0.6 is 0 Å². The monoisotopic (exact) mass is 379 g/mol. The number of H-pyrrole nitrogens is 1. The third kappa shape index (κ3) is 3.26. The summed E-state index contributed by atoms with van der Waals surface area (Å²) in [5, 5.41) is 9.95. The van der Waals surface area contributed by atoms with Gasteiger partial charge in [-0.05, 0) is 36.5 Å². The number of pyridine rings is 2. The van der Waals surface area contributed by atoms with E-state index in [0.29, 0.717) is 34.9 Å². The number of nitrogens with two attached hydrogens (primary N) is 1. The van der Waals surface area contributed by atoms with E-state index in [1.165, 1.54) is 12.4 Å². The molecule has 4 N–H and O–H groups in total. The lowest BCUT2D eigenvalue weighted by Gasteiger charge is -2.38. The molecule has 0 bridgehead atoms. The maximum Gasteiger partial charge on any atom is 0.314 e. The Morgan fingerprint density at radius 3 is 2.82 bits per heavy atom. The number of nitrogen functional groups attached to an aromatic ring is 1. The molecule has 1 aliphatic heterocycles. The second kappa shape index (κ2) is 7.26. The molecular formula is C19H21N7O2. The van der Waals surface area contributed by atoms with Gasteiger partial charge in [-0.15, -0.1) is 0 Å². The van der Waals surface area contributed by atoms with Gasteiger partial charge in [-0.1, -0.05) is 6.92 Å². The first kappa shape index (κ1) is 17.9. The molecule has 1 saturated heterocycles. The molecule has 3 aromatic heterocycles. The van der Waals surface area contributed by atoms with Crippen LogP contribution in [-0.4, -0.2) is 43.4 Å². The molecule has 3 aromatic rings. The van der Waals surface area contributed by atoms with Crippen molar-refractivity contribution in [2.75, 3.05) is 17.6 Å². The third-order valence-electron chi connectivity index (χ3n) is 5.13. The van der Waals surface area contributed by atoms with Crippen LogP contribution in [0.2, 0.25) is 0 Å². The number of rotatable bonds is 2. The Morgan fingerprint density at radius 2 is 2.04 bits per heavy atom. The van der Waals surface area contributed by atoms with Gasteiger partial charge in [-0.25, -0.2) is 4.98 Å². The second-order valence-corrected chi connectivity index (χ2v) is 7.11. The molecule has 9 heteroatoms. The zero-order chi connectivity index (χ0) is 19.7. The third-order valence-corrected chi connectivity index (χ3v) is 5.13. The highest BCUT2D eigenvalue weighted by Gasteiger charge is 2.34. The average Bonchev–Trinajstić information content (AvgIpc) is 3.21. The fourth-order valence-corrected chi connectivity index (χ4v) is 3.66. The van der Waals surface area contributed by atoms with Crippen LogP contribution in [0.1, 0.15) is 31.4 Å². The lowest BCUT2D eigenvalue weighted by atomic mass is 9.90. The topological polar surface area (TPSA) is 130 Å². The molecule has 28 heavy (non-hydrogen) atoms. The highest BCUT2D eigenvalue weighted by Crippen LogP contribution is 2.33. The van der Waals surface area contributed by atoms with E-state index in [1.54, 1.807) is 17.3 Å². The molecule has 0 saturated carbocycles. The van der Waals surface area contributed by atoms with Gasteiger partial charge < -0.3 is 16.0 Å².